The molecule has 1 unspecified atom stereocenters. The number of anilines is 1. The molecule has 0 aliphatic carbocycles. The molecule has 0 saturated heterocycles. The van der Waals surface area contributed by atoms with Crippen molar-refractivity contribution < 1.29 is 4.42 Å². The Morgan fingerprint density at radius 1 is 1.44 bits per heavy atom. The molecule has 0 spiro atoms. The summed E-state index contributed by atoms with van der Waals surface area (Å²) in [5.74, 6) is 0.602. The fraction of sp³-hybridized carbons (Fsp3) is 0.545. The zero-order chi connectivity index (χ0) is 12.8. The summed E-state index contributed by atoms with van der Waals surface area (Å²) in [7, 11) is 0. The molecule has 0 saturated carbocycles. The van der Waals surface area contributed by atoms with Gasteiger partial charge in [0.2, 0.25) is 5.89 Å². The molecule has 0 amide bonds. The summed E-state index contributed by atoms with van der Waals surface area (Å²) >= 11 is 1.59. The molecule has 7 heteroatoms. The van der Waals surface area contributed by atoms with Crippen molar-refractivity contribution in [2.24, 2.45) is 0 Å². The average molecular weight is 267 g/mol. The van der Waals surface area contributed by atoms with Crippen molar-refractivity contribution in [1.82, 2.24) is 20.5 Å². The molecule has 1 atom stereocenters. The maximum Gasteiger partial charge on any atom is 0.315 e. The predicted octanol–water partition coefficient (Wildman–Crippen LogP) is 2.20. The normalized spacial score (nSPS) is 12.6. The molecule has 6 nitrogen and oxygen atoms in total. The standard InChI is InChI=1S/C11H17N5OS/c1-3-4-12-8(2)10-15-16-11(17-10)14-7-9-13-5-6-18-9/h5-6,8,12H,3-4,7H2,1-2H3,(H,14,16). The van der Waals surface area contributed by atoms with Crippen LogP contribution in [0.25, 0.3) is 0 Å². The summed E-state index contributed by atoms with van der Waals surface area (Å²) in [5.41, 5.74) is 0. The Labute approximate surface area is 110 Å². The van der Waals surface area contributed by atoms with E-state index >= 15 is 0 Å². The van der Waals surface area contributed by atoms with Gasteiger partial charge in [-0.25, -0.2) is 4.98 Å². The van der Waals surface area contributed by atoms with E-state index in [2.05, 4.69) is 32.7 Å². The van der Waals surface area contributed by atoms with Crippen LogP contribution in [0.2, 0.25) is 0 Å². The first-order valence-corrected chi connectivity index (χ1v) is 6.86. The third-order valence-corrected chi connectivity index (χ3v) is 3.17. The van der Waals surface area contributed by atoms with E-state index in [-0.39, 0.29) is 6.04 Å². The van der Waals surface area contributed by atoms with Gasteiger partial charge < -0.3 is 15.1 Å². The highest BCUT2D eigenvalue weighted by Crippen LogP contribution is 2.14. The second kappa shape index (κ2) is 6.46. The zero-order valence-corrected chi connectivity index (χ0v) is 11.3. The minimum absolute atomic E-state index is 0.0767. The van der Waals surface area contributed by atoms with E-state index in [0.717, 1.165) is 18.0 Å². The van der Waals surface area contributed by atoms with Gasteiger partial charge in [0.1, 0.15) is 5.01 Å². The number of rotatable bonds is 7. The van der Waals surface area contributed by atoms with Crippen molar-refractivity contribution in [2.45, 2.75) is 32.9 Å². The number of nitrogens with zero attached hydrogens (tertiary/aromatic N) is 3. The summed E-state index contributed by atoms with van der Waals surface area (Å²) < 4.78 is 5.52. The molecule has 0 radical (unpaired) electrons. The number of hydrogen-bond donors (Lipinski definition) is 2. The number of nitrogens with one attached hydrogen (secondary N) is 2. The van der Waals surface area contributed by atoms with Gasteiger partial charge in [0.25, 0.3) is 0 Å². The Kier molecular flexibility index (Phi) is 4.66. The van der Waals surface area contributed by atoms with Gasteiger partial charge in [0.15, 0.2) is 0 Å². The first-order valence-electron chi connectivity index (χ1n) is 5.98. The van der Waals surface area contributed by atoms with E-state index in [1.165, 1.54) is 0 Å². The lowest BCUT2D eigenvalue weighted by molar-refractivity contribution is 0.423. The topological polar surface area (TPSA) is 75.9 Å². The molecular formula is C11H17N5OS. The van der Waals surface area contributed by atoms with Crippen molar-refractivity contribution in [3.63, 3.8) is 0 Å². The van der Waals surface area contributed by atoms with Crippen LogP contribution in [0.4, 0.5) is 6.01 Å². The van der Waals surface area contributed by atoms with Crippen LogP contribution in [0.5, 0.6) is 0 Å². The van der Waals surface area contributed by atoms with Gasteiger partial charge in [0, 0.05) is 11.6 Å². The Morgan fingerprint density at radius 3 is 3.06 bits per heavy atom. The summed E-state index contributed by atoms with van der Waals surface area (Å²) in [5, 5.41) is 17.2. The van der Waals surface area contributed by atoms with Gasteiger partial charge in [-0.1, -0.05) is 12.0 Å². The van der Waals surface area contributed by atoms with Crippen molar-refractivity contribution in [2.75, 3.05) is 11.9 Å². The SMILES string of the molecule is CCCNC(C)c1nnc(NCc2nccs2)o1. The van der Waals surface area contributed by atoms with Crippen molar-refractivity contribution in [1.29, 1.82) is 0 Å². The zero-order valence-electron chi connectivity index (χ0n) is 10.5. The van der Waals surface area contributed by atoms with Crippen LogP contribution in [0.3, 0.4) is 0 Å². The molecule has 2 heterocycles. The molecule has 0 aliphatic rings. The minimum Gasteiger partial charge on any atom is -0.406 e. The maximum absolute atomic E-state index is 5.52. The third kappa shape index (κ3) is 3.51. The monoisotopic (exact) mass is 267 g/mol. The average Bonchev–Trinajstić information content (AvgIpc) is 3.04. The van der Waals surface area contributed by atoms with Gasteiger partial charge >= 0.3 is 6.01 Å². The first kappa shape index (κ1) is 13.0. The fourth-order valence-corrected chi connectivity index (χ4v) is 1.98. The van der Waals surface area contributed by atoms with Crippen LogP contribution in [0.1, 0.15) is 37.2 Å². The van der Waals surface area contributed by atoms with Gasteiger partial charge in [-0.15, -0.1) is 16.4 Å². The van der Waals surface area contributed by atoms with E-state index in [4.69, 9.17) is 4.42 Å². The second-order valence-electron chi connectivity index (χ2n) is 3.90. The molecule has 18 heavy (non-hydrogen) atoms. The lowest BCUT2D eigenvalue weighted by atomic mass is 10.3. The molecule has 0 bridgehead atoms. The largest absolute Gasteiger partial charge is 0.406 e. The third-order valence-electron chi connectivity index (χ3n) is 2.39. The van der Waals surface area contributed by atoms with E-state index in [9.17, 15) is 0 Å². The lowest BCUT2D eigenvalue weighted by Crippen LogP contribution is -2.19. The maximum atomic E-state index is 5.52. The Bertz CT molecular complexity index is 456. The summed E-state index contributed by atoms with van der Waals surface area (Å²) in [4.78, 5) is 4.17. The van der Waals surface area contributed by atoms with Gasteiger partial charge in [0.05, 0.1) is 12.6 Å². The van der Waals surface area contributed by atoms with Crippen LogP contribution in [0.15, 0.2) is 16.0 Å². The van der Waals surface area contributed by atoms with Crippen LogP contribution in [0, 0.1) is 0 Å². The predicted molar refractivity (Wildman–Crippen MR) is 70.4 cm³/mol. The number of aromatic nitrogens is 3. The van der Waals surface area contributed by atoms with Crippen LogP contribution in [-0.2, 0) is 6.54 Å². The first-order chi connectivity index (χ1) is 8.79. The Balaban J connectivity index is 1.85. The molecular weight excluding hydrogens is 250 g/mol. The Morgan fingerprint density at radius 2 is 2.33 bits per heavy atom. The molecule has 2 aromatic heterocycles. The van der Waals surface area contributed by atoms with Gasteiger partial charge in [-0.2, -0.15) is 0 Å². The van der Waals surface area contributed by atoms with Crippen LogP contribution >= 0.6 is 11.3 Å². The highest BCUT2D eigenvalue weighted by Gasteiger charge is 2.12. The second-order valence-corrected chi connectivity index (χ2v) is 4.88. The number of thiazole rings is 1. The van der Waals surface area contributed by atoms with Crippen LogP contribution < -0.4 is 10.6 Å². The van der Waals surface area contributed by atoms with Crippen molar-refractivity contribution in [3.05, 3.63) is 22.5 Å². The minimum atomic E-state index is 0.0767. The fourth-order valence-electron chi connectivity index (χ4n) is 1.42. The molecule has 2 N–H and O–H groups in total. The highest BCUT2D eigenvalue weighted by atomic mass is 32.1. The molecule has 0 aliphatic heterocycles. The molecule has 2 rings (SSSR count). The van der Waals surface area contributed by atoms with E-state index in [0.29, 0.717) is 18.5 Å². The van der Waals surface area contributed by atoms with E-state index in [1.807, 2.05) is 12.3 Å². The van der Waals surface area contributed by atoms with E-state index in [1.54, 1.807) is 17.5 Å². The quantitative estimate of drug-likeness (QED) is 0.801. The molecule has 0 aromatic carbocycles. The van der Waals surface area contributed by atoms with E-state index < -0.39 is 0 Å². The van der Waals surface area contributed by atoms with Crippen LogP contribution in [-0.4, -0.2) is 21.7 Å². The highest BCUT2D eigenvalue weighted by molar-refractivity contribution is 7.09. The summed E-state index contributed by atoms with van der Waals surface area (Å²) in [6.07, 6.45) is 2.85. The van der Waals surface area contributed by atoms with Gasteiger partial charge in [-0.05, 0) is 19.9 Å². The van der Waals surface area contributed by atoms with Crippen molar-refractivity contribution >= 4 is 17.4 Å². The lowest BCUT2D eigenvalue weighted by Gasteiger charge is -2.07. The summed E-state index contributed by atoms with van der Waals surface area (Å²) in [6.45, 7) is 5.67. The number of hydrogen-bond acceptors (Lipinski definition) is 7. The van der Waals surface area contributed by atoms with Crippen molar-refractivity contribution in [3.8, 4) is 0 Å². The molecule has 0 fully saturated rings. The summed E-state index contributed by atoms with van der Waals surface area (Å²) in [6, 6.07) is 0.512. The molecule has 98 valence electrons. The Hall–Kier alpha value is -1.47. The van der Waals surface area contributed by atoms with Gasteiger partial charge in [-0.3, -0.25) is 0 Å². The molecule has 2 aromatic rings. The smallest absolute Gasteiger partial charge is 0.315 e.